The van der Waals surface area contributed by atoms with E-state index < -0.39 is 15.9 Å². The molecule has 6 heteroatoms. The minimum absolute atomic E-state index is 0.0363. The maximum absolute atomic E-state index is 12.7. The highest BCUT2D eigenvalue weighted by Gasteiger charge is 2.41. The zero-order valence-corrected chi connectivity index (χ0v) is 15.4. The Bertz CT molecular complexity index is 1020. The Kier molecular flexibility index (Phi) is 4.03. The Morgan fingerprint density at radius 1 is 1.08 bits per heavy atom. The second-order valence-electron chi connectivity index (χ2n) is 6.36. The number of hydrogen-bond acceptors (Lipinski definition) is 4. The third kappa shape index (κ3) is 2.57. The van der Waals surface area contributed by atoms with Crippen molar-refractivity contribution >= 4 is 21.7 Å². The Morgan fingerprint density at radius 2 is 1.72 bits per heavy atom. The van der Waals surface area contributed by atoms with Gasteiger partial charge in [-0.3, -0.25) is 9.59 Å². The van der Waals surface area contributed by atoms with Gasteiger partial charge in [-0.2, -0.15) is 0 Å². The second kappa shape index (κ2) is 5.81. The van der Waals surface area contributed by atoms with Crippen LogP contribution >= 0.6 is 0 Å². The van der Waals surface area contributed by atoms with Crippen molar-refractivity contribution in [2.45, 2.75) is 39.1 Å². The Morgan fingerprint density at radius 3 is 2.32 bits per heavy atom. The summed E-state index contributed by atoms with van der Waals surface area (Å²) in [5.41, 5.74) is 3.91. The number of fused-ring (bicyclic) bond motifs is 1. The highest BCUT2D eigenvalue weighted by molar-refractivity contribution is 7.90. The molecule has 1 aliphatic heterocycles. The summed E-state index contributed by atoms with van der Waals surface area (Å²) < 4.78 is 26.4. The number of ketones is 1. The first-order valence-electron chi connectivity index (χ1n) is 7.93. The van der Waals surface area contributed by atoms with Gasteiger partial charge in [0.2, 0.25) is 0 Å². The van der Waals surface area contributed by atoms with E-state index in [4.69, 9.17) is 0 Å². The minimum Gasteiger partial charge on any atom is -0.294 e. The summed E-state index contributed by atoms with van der Waals surface area (Å²) in [6.45, 7) is 6.93. The summed E-state index contributed by atoms with van der Waals surface area (Å²) in [7, 11) is -3.87. The summed E-state index contributed by atoms with van der Waals surface area (Å²) in [5.74, 6) is -0.602. The van der Waals surface area contributed by atoms with Gasteiger partial charge in [0.05, 0.1) is 12.1 Å². The zero-order valence-electron chi connectivity index (χ0n) is 14.6. The average molecular weight is 357 g/mol. The zero-order chi connectivity index (χ0) is 18.5. The molecule has 0 aliphatic carbocycles. The van der Waals surface area contributed by atoms with E-state index in [-0.39, 0.29) is 22.8 Å². The fourth-order valence-corrected chi connectivity index (χ4v) is 5.08. The van der Waals surface area contributed by atoms with Crippen LogP contribution in [0, 0.1) is 20.8 Å². The van der Waals surface area contributed by atoms with Gasteiger partial charge in [0.1, 0.15) is 4.90 Å². The number of sulfonamides is 1. The summed E-state index contributed by atoms with van der Waals surface area (Å²) in [6.07, 6.45) is 0. The largest absolute Gasteiger partial charge is 0.294 e. The van der Waals surface area contributed by atoms with Crippen molar-refractivity contribution < 1.29 is 18.0 Å². The normalized spacial score (nSPS) is 15.4. The second-order valence-corrected chi connectivity index (χ2v) is 8.19. The van der Waals surface area contributed by atoms with Crippen molar-refractivity contribution in [3.05, 3.63) is 63.7 Å². The summed E-state index contributed by atoms with van der Waals surface area (Å²) >= 11 is 0. The third-order valence-corrected chi connectivity index (χ3v) is 6.48. The molecule has 0 bridgehead atoms. The standard InChI is InChI=1S/C19H19NO4S/c1-11-9-12(2)18(14(4)21)13(3)16(11)10-20-19(22)15-7-5-6-8-17(15)25(20,23)24/h5-9H,10H2,1-4H3. The van der Waals surface area contributed by atoms with Gasteiger partial charge in [0, 0.05) is 5.56 Å². The van der Waals surface area contributed by atoms with Gasteiger partial charge in [-0.25, -0.2) is 12.7 Å². The molecule has 0 spiro atoms. The van der Waals surface area contributed by atoms with Crippen molar-refractivity contribution in [2.75, 3.05) is 0 Å². The first kappa shape index (κ1) is 17.4. The van der Waals surface area contributed by atoms with E-state index in [2.05, 4.69) is 0 Å². The van der Waals surface area contributed by atoms with Crippen LogP contribution in [0.25, 0.3) is 0 Å². The van der Waals surface area contributed by atoms with Crippen LogP contribution in [0.4, 0.5) is 0 Å². The SMILES string of the molecule is CC(=O)c1c(C)cc(C)c(CN2C(=O)c3ccccc3S2(=O)=O)c1C. The molecular formula is C19H19NO4S. The smallest absolute Gasteiger partial charge is 0.269 e. The predicted octanol–water partition coefficient (Wildman–Crippen LogP) is 3.16. The molecule has 1 heterocycles. The highest BCUT2D eigenvalue weighted by Crippen LogP contribution is 2.33. The van der Waals surface area contributed by atoms with Gasteiger partial charge < -0.3 is 0 Å². The van der Waals surface area contributed by atoms with E-state index in [1.54, 1.807) is 19.1 Å². The summed E-state index contributed by atoms with van der Waals surface area (Å²) in [4.78, 5) is 24.6. The molecule has 0 aromatic heterocycles. The van der Waals surface area contributed by atoms with Crippen LogP contribution in [0.1, 0.15) is 49.9 Å². The van der Waals surface area contributed by atoms with E-state index in [1.165, 1.54) is 19.1 Å². The van der Waals surface area contributed by atoms with Gasteiger partial charge in [0.25, 0.3) is 15.9 Å². The van der Waals surface area contributed by atoms with E-state index >= 15 is 0 Å². The fraction of sp³-hybridized carbons (Fsp3) is 0.263. The van der Waals surface area contributed by atoms with Crippen molar-refractivity contribution in [1.82, 2.24) is 4.31 Å². The lowest BCUT2D eigenvalue weighted by atomic mass is 9.91. The minimum atomic E-state index is -3.87. The molecule has 3 rings (SSSR count). The van der Waals surface area contributed by atoms with E-state index in [0.717, 1.165) is 21.0 Å². The number of rotatable bonds is 3. The first-order chi connectivity index (χ1) is 11.7. The van der Waals surface area contributed by atoms with Gasteiger partial charge in [-0.1, -0.05) is 18.2 Å². The monoisotopic (exact) mass is 357 g/mol. The first-order valence-corrected chi connectivity index (χ1v) is 9.37. The van der Waals surface area contributed by atoms with Crippen LogP contribution < -0.4 is 0 Å². The lowest BCUT2D eigenvalue weighted by molar-refractivity contribution is 0.0864. The molecule has 1 aliphatic rings. The molecule has 5 nitrogen and oxygen atoms in total. The van der Waals surface area contributed by atoms with Crippen molar-refractivity contribution in [3.63, 3.8) is 0 Å². The predicted molar refractivity (Wildman–Crippen MR) is 94.2 cm³/mol. The maximum atomic E-state index is 12.7. The number of benzene rings is 2. The number of amides is 1. The van der Waals surface area contributed by atoms with Crippen LogP contribution in [-0.2, 0) is 16.6 Å². The molecule has 25 heavy (non-hydrogen) atoms. The molecule has 2 aromatic rings. The van der Waals surface area contributed by atoms with Crippen molar-refractivity contribution in [2.24, 2.45) is 0 Å². The number of hydrogen-bond donors (Lipinski definition) is 0. The van der Waals surface area contributed by atoms with E-state index in [0.29, 0.717) is 11.1 Å². The number of Topliss-reactive ketones (excluding diaryl/α,β-unsaturated/α-hetero) is 1. The molecule has 0 N–H and O–H groups in total. The van der Waals surface area contributed by atoms with Crippen LogP contribution in [-0.4, -0.2) is 24.4 Å². The summed E-state index contributed by atoms with van der Waals surface area (Å²) in [5, 5.41) is 0. The third-order valence-electron chi connectivity index (χ3n) is 4.70. The number of carbonyl (C=O) groups excluding carboxylic acids is 2. The van der Waals surface area contributed by atoms with Crippen LogP contribution in [0.3, 0.4) is 0 Å². The lowest BCUT2D eigenvalue weighted by Crippen LogP contribution is -2.30. The van der Waals surface area contributed by atoms with Crippen LogP contribution in [0.15, 0.2) is 35.2 Å². The molecule has 0 saturated carbocycles. The number of carbonyl (C=O) groups is 2. The molecule has 130 valence electrons. The van der Waals surface area contributed by atoms with Crippen LogP contribution in [0.5, 0.6) is 0 Å². The summed E-state index contributed by atoms with van der Waals surface area (Å²) in [6, 6.07) is 8.07. The molecule has 0 fully saturated rings. The van der Waals surface area contributed by atoms with E-state index in [1.807, 2.05) is 19.9 Å². The molecule has 0 unspecified atom stereocenters. The Labute approximate surface area is 147 Å². The quantitative estimate of drug-likeness (QED) is 0.791. The van der Waals surface area contributed by atoms with Gasteiger partial charge in [-0.15, -0.1) is 0 Å². The maximum Gasteiger partial charge on any atom is 0.269 e. The number of aryl methyl sites for hydroxylation is 2. The highest BCUT2D eigenvalue weighted by atomic mass is 32.2. The van der Waals surface area contributed by atoms with Gasteiger partial charge >= 0.3 is 0 Å². The van der Waals surface area contributed by atoms with Gasteiger partial charge in [-0.05, 0) is 62.1 Å². The fourth-order valence-electron chi connectivity index (χ4n) is 3.54. The van der Waals surface area contributed by atoms with Crippen LogP contribution in [0.2, 0.25) is 0 Å². The topological polar surface area (TPSA) is 71.5 Å². The Balaban J connectivity index is 2.12. The molecule has 0 radical (unpaired) electrons. The van der Waals surface area contributed by atoms with Crippen molar-refractivity contribution in [3.8, 4) is 0 Å². The average Bonchev–Trinajstić information content (AvgIpc) is 2.71. The number of nitrogens with zero attached hydrogens (tertiary/aromatic N) is 1. The molecule has 1 amide bonds. The Hall–Kier alpha value is -2.47. The molecule has 0 saturated heterocycles. The van der Waals surface area contributed by atoms with Gasteiger partial charge in [0.15, 0.2) is 5.78 Å². The van der Waals surface area contributed by atoms with Crippen molar-refractivity contribution in [1.29, 1.82) is 0 Å². The van der Waals surface area contributed by atoms with E-state index in [9.17, 15) is 18.0 Å². The lowest BCUT2D eigenvalue weighted by Gasteiger charge is -2.21. The molecule has 2 aromatic carbocycles. The molecule has 0 atom stereocenters. The molecular weight excluding hydrogens is 338 g/mol.